The smallest absolute Gasteiger partial charge is 0.119 e. The van der Waals surface area contributed by atoms with Crippen LogP contribution in [0.3, 0.4) is 0 Å². The lowest BCUT2D eigenvalue weighted by atomic mass is 9.93. The van der Waals surface area contributed by atoms with Gasteiger partial charge in [-0.15, -0.1) is 0 Å². The molecule has 0 radical (unpaired) electrons. The Morgan fingerprint density at radius 1 is 1.14 bits per heavy atom. The Morgan fingerprint density at radius 2 is 1.95 bits per heavy atom. The van der Waals surface area contributed by atoms with Gasteiger partial charge in [0.25, 0.3) is 0 Å². The molecule has 0 unspecified atom stereocenters. The van der Waals surface area contributed by atoms with Gasteiger partial charge in [0.15, 0.2) is 0 Å². The van der Waals surface area contributed by atoms with E-state index in [2.05, 4.69) is 44.3 Å². The van der Waals surface area contributed by atoms with E-state index in [1.54, 1.807) is 0 Å². The molecule has 0 saturated heterocycles. The summed E-state index contributed by atoms with van der Waals surface area (Å²) in [6, 6.07) is 9.06. The molecule has 3 nitrogen and oxygen atoms in total. The molecule has 3 heteroatoms. The van der Waals surface area contributed by atoms with Crippen molar-refractivity contribution in [2.75, 3.05) is 19.8 Å². The Labute approximate surface area is 129 Å². The number of nitrogens with one attached hydrogen (secondary N) is 1. The maximum atomic E-state index is 5.75. The summed E-state index contributed by atoms with van der Waals surface area (Å²) in [7, 11) is 0. The predicted octanol–water partition coefficient (Wildman–Crippen LogP) is 3.77. The second-order valence-corrected chi connectivity index (χ2v) is 7.07. The highest BCUT2D eigenvalue weighted by molar-refractivity contribution is 5.28. The highest BCUT2D eigenvalue weighted by atomic mass is 16.5. The molecule has 2 rings (SSSR count). The quantitative estimate of drug-likeness (QED) is 0.703. The van der Waals surface area contributed by atoms with Crippen LogP contribution in [-0.4, -0.2) is 25.9 Å². The summed E-state index contributed by atoms with van der Waals surface area (Å²) in [5.41, 5.74) is 1.62. The monoisotopic (exact) mass is 291 g/mol. The van der Waals surface area contributed by atoms with Crippen molar-refractivity contribution < 1.29 is 9.47 Å². The van der Waals surface area contributed by atoms with E-state index in [-0.39, 0.29) is 0 Å². The van der Waals surface area contributed by atoms with Crippen molar-refractivity contribution in [2.24, 2.45) is 5.41 Å². The van der Waals surface area contributed by atoms with Crippen LogP contribution in [0.1, 0.15) is 45.6 Å². The molecule has 0 bridgehead atoms. The van der Waals surface area contributed by atoms with Crippen LogP contribution in [0.15, 0.2) is 24.3 Å². The highest BCUT2D eigenvalue weighted by Gasteiger charge is 2.19. The summed E-state index contributed by atoms with van der Waals surface area (Å²) in [6.45, 7) is 9.70. The number of ether oxygens (including phenoxy) is 2. The molecule has 0 aliphatic heterocycles. The maximum Gasteiger partial charge on any atom is 0.119 e. The lowest BCUT2D eigenvalue weighted by Crippen LogP contribution is -2.15. The van der Waals surface area contributed by atoms with E-state index in [0.717, 1.165) is 31.4 Å². The van der Waals surface area contributed by atoms with E-state index in [9.17, 15) is 0 Å². The first-order valence-electron chi connectivity index (χ1n) is 8.06. The third kappa shape index (κ3) is 7.49. The van der Waals surface area contributed by atoms with Crippen molar-refractivity contribution in [3.05, 3.63) is 29.8 Å². The SMILES string of the molecule is CC(C)(C)CCOCCOc1cccc(CNC2CC2)c1. The molecule has 1 aromatic rings. The van der Waals surface area contributed by atoms with Crippen LogP contribution in [0.4, 0.5) is 0 Å². The van der Waals surface area contributed by atoms with E-state index in [1.165, 1.54) is 18.4 Å². The van der Waals surface area contributed by atoms with Crippen LogP contribution in [-0.2, 0) is 11.3 Å². The standard InChI is InChI=1S/C18H29NO2/c1-18(2,3)9-10-20-11-12-21-17-6-4-5-15(13-17)14-19-16-7-8-16/h4-6,13,16,19H,7-12,14H2,1-3H3. The summed E-state index contributed by atoms with van der Waals surface area (Å²) in [6.07, 6.45) is 3.72. The van der Waals surface area contributed by atoms with Crippen LogP contribution < -0.4 is 10.1 Å². The van der Waals surface area contributed by atoms with Gasteiger partial charge in [0.2, 0.25) is 0 Å². The first-order chi connectivity index (χ1) is 10.0. The second-order valence-electron chi connectivity index (χ2n) is 7.07. The van der Waals surface area contributed by atoms with E-state index in [0.29, 0.717) is 18.6 Å². The van der Waals surface area contributed by atoms with E-state index in [4.69, 9.17) is 9.47 Å². The van der Waals surface area contributed by atoms with Gasteiger partial charge in [0, 0.05) is 19.2 Å². The third-order valence-electron chi connectivity index (χ3n) is 3.56. The minimum Gasteiger partial charge on any atom is -0.491 e. The molecule has 1 aliphatic carbocycles. The highest BCUT2D eigenvalue weighted by Crippen LogP contribution is 2.20. The number of hydrogen-bond donors (Lipinski definition) is 1. The van der Waals surface area contributed by atoms with E-state index < -0.39 is 0 Å². The van der Waals surface area contributed by atoms with Crippen molar-refractivity contribution in [1.82, 2.24) is 5.32 Å². The first-order valence-corrected chi connectivity index (χ1v) is 8.06. The normalized spacial score (nSPS) is 15.2. The van der Waals surface area contributed by atoms with Gasteiger partial charge in [-0.25, -0.2) is 0 Å². The molecule has 118 valence electrons. The van der Waals surface area contributed by atoms with Gasteiger partial charge >= 0.3 is 0 Å². The van der Waals surface area contributed by atoms with Crippen LogP contribution >= 0.6 is 0 Å². The number of benzene rings is 1. The van der Waals surface area contributed by atoms with Crippen LogP contribution in [0.2, 0.25) is 0 Å². The Hall–Kier alpha value is -1.06. The zero-order valence-electron chi connectivity index (χ0n) is 13.7. The largest absolute Gasteiger partial charge is 0.491 e. The molecule has 21 heavy (non-hydrogen) atoms. The Kier molecular flexibility index (Phi) is 6.07. The molecule has 1 N–H and O–H groups in total. The topological polar surface area (TPSA) is 30.5 Å². The van der Waals surface area contributed by atoms with Gasteiger partial charge < -0.3 is 14.8 Å². The molecule has 1 aliphatic rings. The summed E-state index contributed by atoms with van der Waals surface area (Å²) in [5.74, 6) is 0.935. The summed E-state index contributed by atoms with van der Waals surface area (Å²) >= 11 is 0. The van der Waals surface area contributed by atoms with E-state index in [1.807, 2.05) is 6.07 Å². The maximum absolute atomic E-state index is 5.75. The van der Waals surface area contributed by atoms with Gasteiger partial charge in [-0.2, -0.15) is 0 Å². The molecular formula is C18H29NO2. The second kappa shape index (κ2) is 7.81. The van der Waals surface area contributed by atoms with Crippen molar-refractivity contribution in [3.63, 3.8) is 0 Å². The molecule has 0 heterocycles. The van der Waals surface area contributed by atoms with Gasteiger partial charge in [0.1, 0.15) is 12.4 Å². The number of rotatable bonds is 9. The Bertz CT molecular complexity index is 421. The minimum atomic E-state index is 0.337. The predicted molar refractivity (Wildman–Crippen MR) is 86.7 cm³/mol. The van der Waals surface area contributed by atoms with Crippen LogP contribution in [0.25, 0.3) is 0 Å². The van der Waals surface area contributed by atoms with Crippen LogP contribution in [0.5, 0.6) is 5.75 Å². The van der Waals surface area contributed by atoms with Crippen LogP contribution in [0, 0.1) is 5.41 Å². The molecule has 0 amide bonds. The number of hydrogen-bond acceptors (Lipinski definition) is 3. The fraction of sp³-hybridized carbons (Fsp3) is 0.667. The first kappa shape index (κ1) is 16.3. The summed E-state index contributed by atoms with van der Waals surface area (Å²) in [4.78, 5) is 0. The van der Waals surface area contributed by atoms with Crippen molar-refractivity contribution in [1.29, 1.82) is 0 Å². The molecule has 1 saturated carbocycles. The average Bonchev–Trinajstić information content (AvgIpc) is 3.24. The molecule has 1 fully saturated rings. The molecule has 0 aromatic heterocycles. The van der Waals surface area contributed by atoms with Crippen molar-refractivity contribution in [2.45, 2.75) is 52.6 Å². The van der Waals surface area contributed by atoms with Gasteiger partial charge in [0.05, 0.1) is 6.61 Å². The van der Waals surface area contributed by atoms with Gasteiger partial charge in [-0.1, -0.05) is 32.9 Å². The third-order valence-corrected chi connectivity index (χ3v) is 3.56. The van der Waals surface area contributed by atoms with Crippen molar-refractivity contribution >= 4 is 0 Å². The fourth-order valence-corrected chi connectivity index (χ4v) is 1.99. The molecule has 0 spiro atoms. The summed E-state index contributed by atoms with van der Waals surface area (Å²) < 4.78 is 11.4. The average molecular weight is 291 g/mol. The van der Waals surface area contributed by atoms with Crippen molar-refractivity contribution in [3.8, 4) is 5.75 Å². The molecular weight excluding hydrogens is 262 g/mol. The molecule has 1 aromatic carbocycles. The van der Waals surface area contributed by atoms with Gasteiger partial charge in [-0.05, 0) is 42.4 Å². The van der Waals surface area contributed by atoms with Gasteiger partial charge in [-0.3, -0.25) is 0 Å². The Balaban J connectivity index is 1.60. The zero-order chi connectivity index (χ0) is 15.1. The molecule has 0 atom stereocenters. The Morgan fingerprint density at radius 3 is 2.67 bits per heavy atom. The van der Waals surface area contributed by atoms with E-state index >= 15 is 0 Å². The lowest BCUT2D eigenvalue weighted by Gasteiger charge is -2.17. The zero-order valence-corrected chi connectivity index (χ0v) is 13.7. The minimum absolute atomic E-state index is 0.337. The lowest BCUT2D eigenvalue weighted by molar-refractivity contribution is 0.0818. The fourth-order valence-electron chi connectivity index (χ4n) is 1.99. The summed E-state index contributed by atoms with van der Waals surface area (Å²) in [5, 5.41) is 3.52.